The van der Waals surface area contributed by atoms with Crippen LogP contribution in [-0.4, -0.2) is 13.0 Å². The first-order valence-electron chi connectivity index (χ1n) is 8.32. The van der Waals surface area contributed by atoms with Gasteiger partial charge in [0.25, 0.3) is 0 Å². The molecule has 1 heterocycles. The van der Waals surface area contributed by atoms with E-state index in [-0.39, 0.29) is 11.9 Å². The third-order valence-corrected chi connectivity index (χ3v) is 5.22. The Bertz CT molecular complexity index is 520. The van der Waals surface area contributed by atoms with E-state index in [4.69, 9.17) is 5.73 Å². The molecule has 1 aliphatic carbocycles. The molecule has 114 valence electrons. The molecule has 21 heavy (non-hydrogen) atoms. The van der Waals surface area contributed by atoms with Gasteiger partial charge in [-0.2, -0.15) is 0 Å². The second-order valence-electron chi connectivity index (χ2n) is 6.62. The van der Waals surface area contributed by atoms with Crippen LogP contribution in [0.5, 0.6) is 0 Å². The van der Waals surface area contributed by atoms with Crippen LogP contribution in [0, 0.1) is 5.92 Å². The average molecular weight is 286 g/mol. The maximum Gasteiger partial charge on any atom is 0.226 e. The number of aryl methyl sites for hydroxylation is 1. The Morgan fingerprint density at radius 2 is 1.90 bits per heavy atom. The van der Waals surface area contributed by atoms with Crippen molar-refractivity contribution >= 4 is 11.6 Å². The smallest absolute Gasteiger partial charge is 0.226 e. The van der Waals surface area contributed by atoms with Gasteiger partial charge in [-0.25, -0.2) is 0 Å². The molecule has 2 aliphatic rings. The maximum absolute atomic E-state index is 11.9. The van der Waals surface area contributed by atoms with E-state index in [2.05, 4.69) is 18.2 Å². The van der Waals surface area contributed by atoms with Gasteiger partial charge in [0.15, 0.2) is 0 Å². The molecule has 2 N–H and O–H groups in total. The van der Waals surface area contributed by atoms with E-state index >= 15 is 0 Å². The molecule has 1 aliphatic heterocycles. The van der Waals surface area contributed by atoms with E-state index in [9.17, 15) is 4.79 Å². The molecule has 0 aromatic heterocycles. The summed E-state index contributed by atoms with van der Waals surface area (Å²) in [4.78, 5) is 13.7. The summed E-state index contributed by atoms with van der Waals surface area (Å²) < 4.78 is 0. The number of hydrogen-bond donors (Lipinski definition) is 1. The first-order chi connectivity index (χ1) is 10.2. The SMILES string of the molecule is CN1C(=O)CCCc2cc(C(N)C3CCCCC3)ccc21. The second kappa shape index (κ2) is 6.18. The summed E-state index contributed by atoms with van der Waals surface area (Å²) in [5.74, 6) is 0.847. The minimum atomic E-state index is 0.153. The van der Waals surface area contributed by atoms with Crippen LogP contribution >= 0.6 is 0 Å². The van der Waals surface area contributed by atoms with E-state index in [1.807, 2.05) is 7.05 Å². The van der Waals surface area contributed by atoms with Crippen molar-refractivity contribution in [2.45, 2.75) is 57.4 Å². The van der Waals surface area contributed by atoms with Gasteiger partial charge in [-0.1, -0.05) is 31.4 Å². The molecule has 1 amide bonds. The summed E-state index contributed by atoms with van der Waals surface area (Å²) in [7, 11) is 1.88. The number of amides is 1. The number of nitrogens with zero attached hydrogens (tertiary/aromatic N) is 1. The van der Waals surface area contributed by atoms with E-state index in [1.165, 1.54) is 43.2 Å². The molecule has 1 aromatic rings. The lowest BCUT2D eigenvalue weighted by Gasteiger charge is -2.28. The van der Waals surface area contributed by atoms with Gasteiger partial charge in [-0.15, -0.1) is 0 Å². The van der Waals surface area contributed by atoms with Gasteiger partial charge < -0.3 is 10.6 Å². The molecule has 0 radical (unpaired) electrons. The highest BCUT2D eigenvalue weighted by Crippen LogP contribution is 2.35. The molecule has 0 saturated heterocycles. The fourth-order valence-electron chi connectivity index (χ4n) is 3.84. The van der Waals surface area contributed by atoms with Gasteiger partial charge in [0.2, 0.25) is 5.91 Å². The van der Waals surface area contributed by atoms with Crippen LogP contribution in [0.2, 0.25) is 0 Å². The van der Waals surface area contributed by atoms with Gasteiger partial charge in [-0.05, 0) is 48.8 Å². The minimum Gasteiger partial charge on any atom is -0.324 e. The lowest BCUT2D eigenvalue weighted by atomic mass is 9.81. The molecule has 1 atom stereocenters. The van der Waals surface area contributed by atoms with Crippen LogP contribution < -0.4 is 10.6 Å². The van der Waals surface area contributed by atoms with Crippen molar-refractivity contribution in [2.24, 2.45) is 11.7 Å². The van der Waals surface area contributed by atoms with Crippen LogP contribution in [0.3, 0.4) is 0 Å². The zero-order valence-electron chi connectivity index (χ0n) is 13.0. The van der Waals surface area contributed by atoms with Crippen LogP contribution in [0.25, 0.3) is 0 Å². The molecule has 1 unspecified atom stereocenters. The quantitative estimate of drug-likeness (QED) is 0.903. The second-order valence-corrected chi connectivity index (χ2v) is 6.62. The van der Waals surface area contributed by atoms with E-state index in [0.717, 1.165) is 18.5 Å². The van der Waals surface area contributed by atoms with Gasteiger partial charge in [-0.3, -0.25) is 4.79 Å². The molecule has 0 bridgehead atoms. The molecule has 3 nitrogen and oxygen atoms in total. The van der Waals surface area contributed by atoms with Gasteiger partial charge in [0.1, 0.15) is 0 Å². The van der Waals surface area contributed by atoms with Crippen molar-refractivity contribution < 1.29 is 4.79 Å². The van der Waals surface area contributed by atoms with E-state index < -0.39 is 0 Å². The van der Waals surface area contributed by atoms with Crippen LogP contribution in [0.1, 0.15) is 62.1 Å². The Morgan fingerprint density at radius 3 is 2.67 bits per heavy atom. The van der Waals surface area contributed by atoms with E-state index in [1.54, 1.807) is 4.90 Å². The van der Waals surface area contributed by atoms with Crippen molar-refractivity contribution in [3.8, 4) is 0 Å². The molecule has 3 heteroatoms. The molecular weight excluding hydrogens is 260 g/mol. The molecular formula is C18H26N2O. The fraction of sp³-hybridized carbons (Fsp3) is 0.611. The van der Waals surface area contributed by atoms with Crippen LogP contribution in [0.4, 0.5) is 5.69 Å². The molecule has 3 rings (SSSR count). The van der Waals surface area contributed by atoms with Crippen molar-refractivity contribution in [3.63, 3.8) is 0 Å². The monoisotopic (exact) mass is 286 g/mol. The molecule has 1 aromatic carbocycles. The number of anilines is 1. The number of hydrogen-bond acceptors (Lipinski definition) is 2. The Labute approximate surface area is 127 Å². The number of nitrogens with two attached hydrogens (primary N) is 1. The largest absolute Gasteiger partial charge is 0.324 e. The zero-order valence-corrected chi connectivity index (χ0v) is 13.0. The summed E-state index contributed by atoms with van der Waals surface area (Å²) in [6.07, 6.45) is 9.10. The highest BCUT2D eigenvalue weighted by molar-refractivity contribution is 5.94. The summed E-state index contributed by atoms with van der Waals surface area (Å²) in [6.45, 7) is 0. The van der Waals surface area contributed by atoms with Gasteiger partial charge >= 0.3 is 0 Å². The van der Waals surface area contributed by atoms with E-state index in [0.29, 0.717) is 12.3 Å². The first-order valence-corrected chi connectivity index (χ1v) is 8.32. The summed E-state index contributed by atoms with van der Waals surface area (Å²) in [5.41, 5.74) is 10.1. The van der Waals surface area contributed by atoms with Gasteiger partial charge in [0.05, 0.1) is 0 Å². The number of fused-ring (bicyclic) bond motifs is 1. The standard InChI is InChI=1S/C18H26N2O/c1-20-16-11-10-15(12-14(16)8-5-9-17(20)21)18(19)13-6-3-2-4-7-13/h10-13,18H,2-9,19H2,1H3. The summed E-state index contributed by atoms with van der Waals surface area (Å²) in [5, 5.41) is 0. The lowest BCUT2D eigenvalue weighted by molar-refractivity contribution is -0.118. The van der Waals surface area contributed by atoms with Crippen molar-refractivity contribution in [1.29, 1.82) is 0 Å². The Balaban J connectivity index is 1.85. The summed E-state index contributed by atoms with van der Waals surface area (Å²) in [6, 6.07) is 6.63. The van der Waals surface area contributed by atoms with Gasteiger partial charge in [0, 0.05) is 25.2 Å². The third kappa shape index (κ3) is 2.98. The molecule has 1 fully saturated rings. The van der Waals surface area contributed by atoms with Crippen LogP contribution in [-0.2, 0) is 11.2 Å². The van der Waals surface area contributed by atoms with Crippen molar-refractivity contribution in [2.75, 3.05) is 11.9 Å². The lowest BCUT2D eigenvalue weighted by Crippen LogP contribution is -2.26. The van der Waals surface area contributed by atoms with Crippen molar-refractivity contribution in [3.05, 3.63) is 29.3 Å². The number of carbonyl (C=O) groups is 1. The molecule has 1 saturated carbocycles. The number of carbonyl (C=O) groups excluding carboxylic acids is 1. The van der Waals surface area contributed by atoms with Crippen molar-refractivity contribution in [1.82, 2.24) is 0 Å². The Kier molecular flexibility index (Phi) is 4.29. The fourth-order valence-corrected chi connectivity index (χ4v) is 3.84. The minimum absolute atomic E-state index is 0.153. The predicted octanol–water partition coefficient (Wildman–Crippen LogP) is 3.57. The highest BCUT2D eigenvalue weighted by Gasteiger charge is 2.24. The topological polar surface area (TPSA) is 46.3 Å². The Hall–Kier alpha value is -1.35. The predicted molar refractivity (Wildman–Crippen MR) is 86.3 cm³/mol. The average Bonchev–Trinajstić information content (AvgIpc) is 2.67. The third-order valence-electron chi connectivity index (χ3n) is 5.22. The normalized spacial score (nSPS) is 21.8. The first kappa shape index (κ1) is 14.6. The molecule has 0 spiro atoms. The summed E-state index contributed by atoms with van der Waals surface area (Å²) >= 11 is 0. The van der Waals surface area contributed by atoms with Crippen LogP contribution in [0.15, 0.2) is 18.2 Å². The number of benzene rings is 1. The highest BCUT2D eigenvalue weighted by atomic mass is 16.2. The Morgan fingerprint density at radius 1 is 1.14 bits per heavy atom. The zero-order chi connectivity index (χ0) is 14.8. The number of rotatable bonds is 2. The maximum atomic E-state index is 11.9.